The smallest absolute Gasteiger partial charge is 0.234 e. The van der Waals surface area contributed by atoms with Gasteiger partial charge in [-0.3, -0.25) is 4.79 Å². The van der Waals surface area contributed by atoms with Gasteiger partial charge in [-0.2, -0.15) is 0 Å². The number of rotatable bonds is 7. The van der Waals surface area contributed by atoms with Crippen LogP contribution < -0.4 is 10.6 Å². The maximum absolute atomic E-state index is 12.1. The first kappa shape index (κ1) is 18.0. The number of amides is 1. The molecular weight excluding hydrogens is 424 g/mol. The summed E-state index contributed by atoms with van der Waals surface area (Å²) in [6.45, 7) is 2.55. The van der Waals surface area contributed by atoms with Crippen LogP contribution in [0.1, 0.15) is 11.3 Å². The van der Waals surface area contributed by atoms with Gasteiger partial charge in [0.15, 0.2) is 4.34 Å². The quantitative estimate of drug-likeness (QED) is 0.526. The normalized spacial score (nSPS) is 10.6. The Morgan fingerprint density at radius 2 is 2.24 bits per heavy atom. The number of carbonyl (C=O) groups excluding carboxylic acids is 1. The number of nitrogens with zero attached hydrogens (tertiary/aromatic N) is 2. The van der Waals surface area contributed by atoms with E-state index in [0.717, 1.165) is 25.8 Å². The van der Waals surface area contributed by atoms with Crippen molar-refractivity contribution in [2.45, 2.75) is 17.8 Å². The second kappa shape index (κ2) is 8.50. The van der Waals surface area contributed by atoms with Gasteiger partial charge in [0, 0.05) is 4.47 Å². The van der Waals surface area contributed by atoms with Crippen LogP contribution in [0.4, 0.5) is 10.8 Å². The van der Waals surface area contributed by atoms with Gasteiger partial charge in [-0.25, -0.2) is 0 Å². The van der Waals surface area contributed by atoms with Crippen LogP contribution in [-0.4, -0.2) is 21.9 Å². The molecule has 1 aromatic carbocycles. The van der Waals surface area contributed by atoms with Crippen LogP contribution in [0.15, 0.2) is 49.8 Å². The SMILES string of the molecule is Cc1ccc(NC(=O)CSc2nnc(NCc3ccco3)s2)c(Br)c1. The second-order valence-corrected chi connectivity index (χ2v) is 8.18. The Morgan fingerprint density at radius 1 is 1.36 bits per heavy atom. The molecule has 2 N–H and O–H groups in total. The summed E-state index contributed by atoms with van der Waals surface area (Å²) in [5.41, 5.74) is 1.89. The fourth-order valence-electron chi connectivity index (χ4n) is 1.95. The highest BCUT2D eigenvalue weighted by molar-refractivity contribution is 9.10. The third-order valence-corrected chi connectivity index (χ3v) is 5.80. The molecule has 0 aliphatic rings. The molecule has 130 valence electrons. The third kappa shape index (κ3) is 5.32. The van der Waals surface area contributed by atoms with Crippen molar-refractivity contribution >= 4 is 55.8 Å². The van der Waals surface area contributed by atoms with Gasteiger partial charge in [0.05, 0.1) is 24.2 Å². The zero-order valence-electron chi connectivity index (χ0n) is 13.3. The summed E-state index contributed by atoms with van der Waals surface area (Å²) in [7, 11) is 0. The average Bonchev–Trinajstić information content (AvgIpc) is 3.25. The Labute approximate surface area is 161 Å². The highest BCUT2D eigenvalue weighted by Gasteiger charge is 2.10. The zero-order valence-corrected chi connectivity index (χ0v) is 16.5. The summed E-state index contributed by atoms with van der Waals surface area (Å²) >= 11 is 6.21. The molecule has 0 bridgehead atoms. The molecule has 3 aromatic rings. The minimum Gasteiger partial charge on any atom is -0.467 e. The fourth-order valence-corrected chi connectivity index (χ4v) is 4.09. The van der Waals surface area contributed by atoms with E-state index in [0.29, 0.717) is 11.7 Å². The standard InChI is InChI=1S/C16H15BrN4O2S2/c1-10-4-5-13(12(17)7-10)19-14(22)9-24-16-21-20-15(25-16)18-8-11-3-2-6-23-11/h2-7H,8-9H2,1H3,(H,18,20)(H,19,22). The first-order valence-electron chi connectivity index (χ1n) is 7.39. The molecule has 25 heavy (non-hydrogen) atoms. The Hall–Kier alpha value is -1.84. The topological polar surface area (TPSA) is 80.0 Å². The number of hydrogen-bond donors (Lipinski definition) is 2. The Kier molecular flexibility index (Phi) is 6.11. The van der Waals surface area contributed by atoms with Crippen molar-refractivity contribution in [3.8, 4) is 0 Å². The van der Waals surface area contributed by atoms with E-state index in [1.54, 1.807) is 6.26 Å². The number of aromatic nitrogens is 2. The molecule has 0 fully saturated rings. The largest absolute Gasteiger partial charge is 0.467 e. The number of halogens is 1. The summed E-state index contributed by atoms with van der Waals surface area (Å²) in [5, 5.41) is 14.8. The lowest BCUT2D eigenvalue weighted by Crippen LogP contribution is -2.14. The molecule has 0 radical (unpaired) electrons. The number of anilines is 2. The van der Waals surface area contributed by atoms with Crippen LogP contribution in [-0.2, 0) is 11.3 Å². The monoisotopic (exact) mass is 438 g/mol. The molecule has 2 heterocycles. The number of aryl methyl sites for hydroxylation is 1. The number of thioether (sulfide) groups is 1. The van der Waals surface area contributed by atoms with Gasteiger partial charge in [0.2, 0.25) is 11.0 Å². The van der Waals surface area contributed by atoms with Gasteiger partial charge in [-0.15, -0.1) is 10.2 Å². The van der Waals surface area contributed by atoms with Crippen LogP contribution in [0, 0.1) is 6.92 Å². The minimum absolute atomic E-state index is 0.0881. The van der Waals surface area contributed by atoms with Crippen LogP contribution in [0.3, 0.4) is 0 Å². The second-order valence-electron chi connectivity index (χ2n) is 5.13. The maximum Gasteiger partial charge on any atom is 0.234 e. The molecule has 9 heteroatoms. The molecule has 1 amide bonds. The predicted octanol–water partition coefficient (Wildman–Crippen LogP) is 4.54. The predicted molar refractivity (Wildman–Crippen MR) is 104 cm³/mol. The molecule has 6 nitrogen and oxygen atoms in total. The summed E-state index contributed by atoms with van der Waals surface area (Å²) in [4.78, 5) is 12.1. The molecule has 0 unspecified atom stereocenters. The van der Waals surface area contributed by atoms with Gasteiger partial charge in [-0.1, -0.05) is 29.2 Å². The number of hydrogen-bond acceptors (Lipinski definition) is 7. The summed E-state index contributed by atoms with van der Waals surface area (Å²) in [6, 6.07) is 9.52. The molecule has 0 saturated carbocycles. The van der Waals surface area contributed by atoms with Crippen LogP contribution >= 0.6 is 39.0 Å². The Morgan fingerprint density at radius 3 is 3.00 bits per heavy atom. The number of furan rings is 1. The van der Waals surface area contributed by atoms with E-state index in [2.05, 4.69) is 36.8 Å². The van der Waals surface area contributed by atoms with E-state index >= 15 is 0 Å². The van der Waals surface area contributed by atoms with Crippen molar-refractivity contribution in [2.75, 3.05) is 16.4 Å². The molecule has 0 aliphatic heterocycles. The lowest BCUT2D eigenvalue weighted by molar-refractivity contribution is -0.113. The summed E-state index contributed by atoms with van der Waals surface area (Å²) in [6.07, 6.45) is 1.63. The van der Waals surface area contributed by atoms with Crippen molar-refractivity contribution < 1.29 is 9.21 Å². The Balaban J connectivity index is 1.47. The van der Waals surface area contributed by atoms with E-state index in [9.17, 15) is 4.79 Å². The first-order chi connectivity index (χ1) is 12.1. The van der Waals surface area contributed by atoms with Crippen molar-refractivity contribution in [1.82, 2.24) is 10.2 Å². The number of benzene rings is 1. The maximum atomic E-state index is 12.1. The van der Waals surface area contributed by atoms with Gasteiger partial charge in [-0.05, 0) is 52.7 Å². The van der Waals surface area contributed by atoms with Gasteiger partial charge < -0.3 is 15.1 Å². The minimum atomic E-state index is -0.0881. The van der Waals surface area contributed by atoms with E-state index in [1.807, 2.05) is 37.3 Å². The molecule has 0 spiro atoms. The van der Waals surface area contributed by atoms with Crippen LogP contribution in [0.25, 0.3) is 0 Å². The highest BCUT2D eigenvalue weighted by Crippen LogP contribution is 2.27. The van der Waals surface area contributed by atoms with Gasteiger partial charge in [0.25, 0.3) is 0 Å². The van der Waals surface area contributed by atoms with E-state index in [-0.39, 0.29) is 11.7 Å². The van der Waals surface area contributed by atoms with Crippen LogP contribution in [0.5, 0.6) is 0 Å². The third-order valence-electron chi connectivity index (χ3n) is 3.13. The van der Waals surface area contributed by atoms with E-state index in [1.165, 1.54) is 23.1 Å². The van der Waals surface area contributed by atoms with Crippen molar-refractivity contribution in [2.24, 2.45) is 0 Å². The highest BCUT2D eigenvalue weighted by atomic mass is 79.9. The number of carbonyl (C=O) groups is 1. The molecule has 0 atom stereocenters. The molecular formula is C16H15BrN4O2S2. The molecule has 0 aliphatic carbocycles. The molecule has 0 saturated heterocycles. The van der Waals surface area contributed by atoms with Crippen molar-refractivity contribution in [3.63, 3.8) is 0 Å². The first-order valence-corrected chi connectivity index (χ1v) is 9.98. The fraction of sp³-hybridized carbons (Fsp3) is 0.188. The van der Waals surface area contributed by atoms with Gasteiger partial charge in [0.1, 0.15) is 5.76 Å². The lowest BCUT2D eigenvalue weighted by Gasteiger charge is -2.07. The van der Waals surface area contributed by atoms with E-state index < -0.39 is 0 Å². The zero-order chi connectivity index (χ0) is 17.6. The molecule has 3 rings (SSSR count). The number of nitrogens with one attached hydrogen (secondary N) is 2. The van der Waals surface area contributed by atoms with Crippen molar-refractivity contribution in [1.29, 1.82) is 0 Å². The average molecular weight is 439 g/mol. The van der Waals surface area contributed by atoms with Crippen LogP contribution in [0.2, 0.25) is 0 Å². The van der Waals surface area contributed by atoms with E-state index in [4.69, 9.17) is 4.42 Å². The summed E-state index contributed by atoms with van der Waals surface area (Å²) < 4.78 is 6.85. The van der Waals surface area contributed by atoms with Gasteiger partial charge >= 0.3 is 0 Å². The Bertz CT molecular complexity index is 852. The van der Waals surface area contributed by atoms with Crippen molar-refractivity contribution in [3.05, 3.63) is 52.4 Å². The lowest BCUT2D eigenvalue weighted by atomic mass is 10.2. The molecule has 2 aromatic heterocycles. The summed E-state index contributed by atoms with van der Waals surface area (Å²) in [5.74, 6) is 1.01.